The highest BCUT2D eigenvalue weighted by molar-refractivity contribution is 6.09. The Morgan fingerprint density at radius 2 is 1.88 bits per heavy atom. The predicted octanol–water partition coefficient (Wildman–Crippen LogP) is 2.41. The number of rotatable bonds is 3. The summed E-state index contributed by atoms with van der Waals surface area (Å²) >= 11 is 0. The average Bonchev–Trinajstić information content (AvgIpc) is 2.53. The van der Waals surface area contributed by atoms with Crippen molar-refractivity contribution in [1.29, 1.82) is 0 Å². The van der Waals surface area contributed by atoms with E-state index in [1.807, 2.05) is 13.8 Å². The van der Waals surface area contributed by atoms with Crippen LogP contribution in [-0.4, -0.2) is 24.7 Å². The van der Waals surface area contributed by atoms with Crippen LogP contribution in [0.2, 0.25) is 0 Å². The molecule has 0 bridgehead atoms. The number of anilines is 1. The summed E-state index contributed by atoms with van der Waals surface area (Å²) in [5.41, 5.74) is 1.46. The molecule has 2 N–H and O–H groups in total. The average molecular weight is 342 g/mol. The second-order valence-electron chi connectivity index (χ2n) is 7.36. The van der Waals surface area contributed by atoms with E-state index in [4.69, 9.17) is 4.74 Å². The molecule has 0 spiro atoms. The van der Waals surface area contributed by atoms with Crippen molar-refractivity contribution in [3.05, 3.63) is 35.5 Å². The van der Waals surface area contributed by atoms with Gasteiger partial charge in [0.1, 0.15) is 5.75 Å². The zero-order chi connectivity index (χ0) is 18.2. The number of amides is 2. The summed E-state index contributed by atoms with van der Waals surface area (Å²) in [5.74, 6) is -0.667. The Kier molecular flexibility index (Phi) is 4.37. The second kappa shape index (κ2) is 6.35. The maximum absolute atomic E-state index is 12.7. The van der Waals surface area contributed by atoms with Crippen molar-refractivity contribution in [2.75, 3.05) is 12.4 Å². The van der Waals surface area contributed by atoms with Gasteiger partial charge in [-0.3, -0.25) is 14.4 Å². The van der Waals surface area contributed by atoms with E-state index in [0.717, 1.165) is 0 Å². The Morgan fingerprint density at radius 1 is 1.20 bits per heavy atom. The van der Waals surface area contributed by atoms with Gasteiger partial charge in [0.2, 0.25) is 11.8 Å². The molecule has 1 aliphatic heterocycles. The Labute approximate surface area is 146 Å². The maximum Gasteiger partial charge on any atom is 0.232 e. The molecule has 25 heavy (non-hydrogen) atoms. The van der Waals surface area contributed by atoms with Gasteiger partial charge in [-0.05, 0) is 36.1 Å². The third-order valence-electron chi connectivity index (χ3n) is 4.62. The summed E-state index contributed by atoms with van der Waals surface area (Å²) in [6.45, 7) is 3.98. The van der Waals surface area contributed by atoms with E-state index in [2.05, 4.69) is 10.6 Å². The van der Waals surface area contributed by atoms with Crippen LogP contribution in [0.5, 0.6) is 5.75 Å². The van der Waals surface area contributed by atoms with Crippen LogP contribution in [0.15, 0.2) is 35.5 Å². The molecule has 0 fully saturated rings. The number of carbonyl (C=O) groups is 3. The van der Waals surface area contributed by atoms with Crippen LogP contribution in [0, 0.1) is 11.3 Å². The molecule has 1 aliphatic carbocycles. The van der Waals surface area contributed by atoms with Crippen molar-refractivity contribution in [1.82, 2.24) is 5.32 Å². The van der Waals surface area contributed by atoms with E-state index in [1.165, 1.54) is 0 Å². The van der Waals surface area contributed by atoms with E-state index in [9.17, 15) is 14.4 Å². The fourth-order valence-electron chi connectivity index (χ4n) is 3.48. The molecule has 2 amide bonds. The minimum absolute atomic E-state index is 0.00695. The van der Waals surface area contributed by atoms with E-state index in [-0.39, 0.29) is 29.4 Å². The Morgan fingerprint density at radius 3 is 2.52 bits per heavy atom. The topological polar surface area (TPSA) is 84.5 Å². The van der Waals surface area contributed by atoms with Crippen molar-refractivity contribution in [3.8, 4) is 5.75 Å². The first-order chi connectivity index (χ1) is 11.8. The van der Waals surface area contributed by atoms with Gasteiger partial charge in [-0.1, -0.05) is 13.8 Å². The highest BCUT2D eigenvalue weighted by Gasteiger charge is 2.42. The molecular formula is C19H22N2O4. The molecule has 1 atom stereocenters. The molecule has 1 aromatic carbocycles. The van der Waals surface area contributed by atoms with Gasteiger partial charge in [-0.25, -0.2) is 0 Å². The fraction of sp³-hybridized carbons (Fsp3) is 0.421. The first-order valence-electron chi connectivity index (χ1n) is 8.30. The quantitative estimate of drug-likeness (QED) is 0.883. The van der Waals surface area contributed by atoms with Gasteiger partial charge in [0.25, 0.3) is 0 Å². The van der Waals surface area contributed by atoms with Crippen LogP contribution in [0.25, 0.3) is 0 Å². The second-order valence-corrected chi connectivity index (χ2v) is 7.36. The van der Waals surface area contributed by atoms with Crippen LogP contribution in [0.3, 0.4) is 0 Å². The van der Waals surface area contributed by atoms with Gasteiger partial charge in [-0.15, -0.1) is 0 Å². The lowest BCUT2D eigenvalue weighted by Gasteiger charge is -2.37. The molecule has 6 nitrogen and oxygen atoms in total. The molecule has 0 saturated heterocycles. The van der Waals surface area contributed by atoms with Gasteiger partial charge in [0.05, 0.1) is 13.0 Å². The first kappa shape index (κ1) is 17.2. The number of hydrogen-bond donors (Lipinski definition) is 2. The smallest absolute Gasteiger partial charge is 0.232 e. The van der Waals surface area contributed by atoms with Gasteiger partial charge < -0.3 is 15.4 Å². The number of nitrogens with one attached hydrogen (secondary N) is 2. The number of ether oxygens (including phenoxy) is 1. The molecule has 2 aliphatic rings. The van der Waals surface area contributed by atoms with Crippen LogP contribution >= 0.6 is 0 Å². The Balaban J connectivity index is 1.85. The van der Waals surface area contributed by atoms with Crippen molar-refractivity contribution in [2.45, 2.75) is 33.1 Å². The lowest BCUT2D eigenvalue weighted by Crippen LogP contribution is -2.44. The fourth-order valence-corrected chi connectivity index (χ4v) is 3.48. The Bertz CT molecular complexity index is 762. The highest BCUT2D eigenvalue weighted by atomic mass is 16.5. The molecule has 3 rings (SSSR count). The largest absolute Gasteiger partial charge is 0.497 e. The van der Waals surface area contributed by atoms with E-state index in [0.29, 0.717) is 35.5 Å². The summed E-state index contributed by atoms with van der Waals surface area (Å²) in [5, 5.41) is 5.59. The SMILES string of the molecule is COc1ccc(NC(=O)[C@H]2CC(=O)NC3=C2C(=O)CC(C)(C)C3)cc1. The molecule has 6 heteroatoms. The van der Waals surface area contributed by atoms with Gasteiger partial charge >= 0.3 is 0 Å². The van der Waals surface area contributed by atoms with Gasteiger partial charge in [-0.2, -0.15) is 0 Å². The molecule has 0 aromatic heterocycles. The summed E-state index contributed by atoms with van der Waals surface area (Å²) in [6.07, 6.45) is 0.965. The highest BCUT2D eigenvalue weighted by Crippen LogP contribution is 2.40. The Hall–Kier alpha value is -2.63. The summed E-state index contributed by atoms with van der Waals surface area (Å²) in [7, 11) is 1.57. The minimum atomic E-state index is -0.741. The maximum atomic E-state index is 12.7. The van der Waals surface area contributed by atoms with Crippen LogP contribution < -0.4 is 15.4 Å². The number of ketones is 1. The third-order valence-corrected chi connectivity index (χ3v) is 4.62. The normalized spacial score (nSPS) is 22.1. The third kappa shape index (κ3) is 3.57. The van der Waals surface area contributed by atoms with Crippen molar-refractivity contribution in [3.63, 3.8) is 0 Å². The van der Waals surface area contributed by atoms with Crippen LogP contribution in [-0.2, 0) is 14.4 Å². The lowest BCUT2D eigenvalue weighted by molar-refractivity contribution is -0.129. The number of carbonyl (C=O) groups excluding carboxylic acids is 3. The van der Waals surface area contributed by atoms with Crippen molar-refractivity contribution >= 4 is 23.3 Å². The van der Waals surface area contributed by atoms with Gasteiger partial charge in [0, 0.05) is 29.8 Å². The molecule has 0 radical (unpaired) electrons. The lowest BCUT2D eigenvalue weighted by atomic mass is 9.71. The van der Waals surface area contributed by atoms with Gasteiger partial charge in [0.15, 0.2) is 5.78 Å². The molecule has 1 heterocycles. The van der Waals surface area contributed by atoms with Crippen molar-refractivity contribution < 1.29 is 19.1 Å². The van der Waals surface area contributed by atoms with Crippen LogP contribution in [0.4, 0.5) is 5.69 Å². The first-order valence-corrected chi connectivity index (χ1v) is 8.30. The number of Topliss-reactive ketones (excluding diaryl/α,β-unsaturated/α-hetero) is 1. The molecule has 1 aromatic rings. The van der Waals surface area contributed by atoms with E-state index in [1.54, 1.807) is 31.4 Å². The summed E-state index contributed by atoms with van der Waals surface area (Å²) < 4.78 is 5.09. The molecule has 0 saturated carbocycles. The zero-order valence-corrected chi connectivity index (χ0v) is 14.6. The van der Waals surface area contributed by atoms with Crippen LogP contribution in [0.1, 0.15) is 33.1 Å². The number of methoxy groups -OCH3 is 1. The molecule has 0 unspecified atom stereocenters. The summed E-state index contributed by atoms with van der Waals surface area (Å²) in [6, 6.07) is 6.92. The number of benzene rings is 1. The number of allylic oxidation sites excluding steroid dienone is 1. The summed E-state index contributed by atoms with van der Waals surface area (Å²) in [4.78, 5) is 37.3. The standard InChI is InChI=1S/C19H22N2O4/c1-19(2)9-14-17(15(22)10-19)13(8-16(23)21-14)18(24)20-11-4-6-12(25-3)7-5-11/h4-7,13H,8-10H2,1-3H3,(H,20,24)(H,21,23)/t13-/m0/s1. The predicted molar refractivity (Wildman–Crippen MR) is 92.9 cm³/mol. The molecular weight excluding hydrogens is 320 g/mol. The monoisotopic (exact) mass is 342 g/mol. The zero-order valence-electron chi connectivity index (χ0n) is 14.6. The minimum Gasteiger partial charge on any atom is -0.497 e. The molecule has 132 valence electrons. The van der Waals surface area contributed by atoms with E-state index < -0.39 is 5.92 Å². The van der Waals surface area contributed by atoms with E-state index >= 15 is 0 Å². The number of hydrogen-bond acceptors (Lipinski definition) is 4. The van der Waals surface area contributed by atoms with Crippen molar-refractivity contribution in [2.24, 2.45) is 11.3 Å².